The summed E-state index contributed by atoms with van der Waals surface area (Å²) in [5.74, 6) is -2.23. The van der Waals surface area contributed by atoms with E-state index in [0.717, 1.165) is 23.4 Å². The van der Waals surface area contributed by atoms with Gasteiger partial charge in [0.2, 0.25) is 0 Å². The van der Waals surface area contributed by atoms with Gasteiger partial charge in [0.05, 0.1) is 28.8 Å². The van der Waals surface area contributed by atoms with Gasteiger partial charge in [0, 0.05) is 11.6 Å². The van der Waals surface area contributed by atoms with Crippen molar-refractivity contribution in [3.63, 3.8) is 0 Å². The number of halogens is 1. The SMILES string of the molecule is COC(=O)/C=C1/S/C(=N\N=Cc2ccccc2-c2ccc(Cl)c(C(=O)O)c2)NC1=O. The van der Waals surface area contributed by atoms with Crippen LogP contribution in [0, 0.1) is 0 Å². The van der Waals surface area contributed by atoms with Gasteiger partial charge in [-0.25, -0.2) is 9.59 Å². The fraction of sp³-hybridized carbons (Fsp3) is 0.0500. The smallest absolute Gasteiger partial charge is 0.337 e. The van der Waals surface area contributed by atoms with Crippen LogP contribution in [0.2, 0.25) is 5.02 Å². The Balaban J connectivity index is 1.85. The second-order valence-corrected chi connectivity index (χ2v) is 7.26. The summed E-state index contributed by atoms with van der Waals surface area (Å²) in [6.45, 7) is 0. The summed E-state index contributed by atoms with van der Waals surface area (Å²) in [4.78, 5) is 34.6. The zero-order valence-electron chi connectivity index (χ0n) is 15.5. The molecule has 1 fully saturated rings. The Kier molecular flexibility index (Phi) is 6.65. The predicted molar refractivity (Wildman–Crippen MR) is 115 cm³/mol. The van der Waals surface area contributed by atoms with Crippen LogP contribution in [0.3, 0.4) is 0 Å². The number of rotatable bonds is 5. The number of carbonyl (C=O) groups excluding carboxylic acids is 2. The number of ether oxygens (including phenoxy) is 1. The van der Waals surface area contributed by atoms with Crippen molar-refractivity contribution in [2.75, 3.05) is 7.11 Å². The topological polar surface area (TPSA) is 117 Å². The van der Waals surface area contributed by atoms with Crippen LogP contribution in [0.1, 0.15) is 15.9 Å². The Labute approximate surface area is 180 Å². The molecule has 0 aromatic heterocycles. The minimum absolute atomic E-state index is 0.00357. The monoisotopic (exact) mass is 443 g/mol. The number of esters is 1. The van der Waals surface area contributed by atoms with Crippen LogP contribution in [0.4, 0.5) is 0 Å². The average Bonchev–Trinajstić information content (AvgIpc) is 3.07. The van der Waals surface area contributed by atoms with Crippen molar-refractivity contribution in [1.82, 2.24) is 5.32 Å². The van der Waals surface area contributed by atoms with Crippen LogP contribution in [0.25, 0.3) is 11.1 Å². The molecule has 30 heavy (non-hydrogen) atoms. The Hall–Kier alpha value is -3.43. The third-order valence-corrected chi connectivity index (χ3v) is 5.14. The maximum Gasteiger partial charge on any atom is 0.337 e. The lowest BCUT2D eigenvalue weighted by atomic mass is 9.98. The standard InChI is InChI=1S/C20H14ClN3O5S/c1-29-17(25)9-16-18(26)23-20(30-16)24-22-10-12-4-2-3-5-13(12)11-6-7-15(21)14(8-11)19(27)28/h2-10H,1H3,(H,27,28)(H,23,24,26)/b16-9+,22-10?. The predicted octanol–water partition coefficient (Wildman–Crippen LogP) is 3.32. The lowest BCUT2D eigenvalue weighted by Gasteiger charge is -2.08. The Morgan fingerprint density at radius 2 is 2.00 bits per heavy atom. The molecule has 2 aromatic carbocycles. The fourth-order valence-electron chi connectivity index (χ4n) is 2.51. The second-order valence-electron chi connectivity index (χ2n) is 5.82. The molecule has 0 spiro atoms. The molecular formula is C20H14ClN3O5S. The highest BCUT2D eigenvalue weighted by molar-refractivity contribution is 8.18. The first-order valence-electron chi connectivity index (χ1n) is 8.41. The zero-order chi connectivity index (χ0) is 21.7. The van der Waals surface area contributed by atoms with E-state index in [1.54, 1.807) is 18.2 Å². The zero-order valence-corrected chi connectivity index (χ0v) is 17.0. The Morgan fingerprint density at radius 1 is 1.23 bits per heavy atom. The molecule has 152 valence electrons. The number of carboxylic acids is 1. The summed E-state index contributed by atoms with van der Waals surface area (Å²) < 4.78 is 4.50. The van der Waals surface area contributed by atoms with Crippen molar-refractivity contribution >= 4 is 52.6 Å². The summed E-state index contributed by atoms with van der Waals surface area (Å²) in [5, 5.41) is 20.1. The van der Waals surface area contributed by atoms with Crippen LogP contribution in [-0.2, 0) is 14.3 Å². The molecule has 0 bridgehead atoms. The van der Waals surface area contributed by atoms with E-state index >= 15 is 0 Å². The van der Waals surface area contributed by atoms with Crippen LogP contribution in [0.5, 0.6) is 0 Å². The normalized spacial score (nSPS) is 16.3. The van der Waals surface area contributed by atoms with Crippen molar-refractivity contribution in [3.05, 3.63) is 69.6 Å². The van der Waals surface area contributed by atoms with Gasteiger partial charge in [-0.05, 0) is 35.0 Å². The van der Waals surface area contributed by atoms with E-state index in [1.807, 2.05) is 12.1 Å². The molecule has 8 nitrogen and oxygen atoms in total. The number of benzene rings is 2. The number of nitrogens with one attached hydrogen (secondary N) is 1. The molecule has 10 heteroatoms. The van der Waals surface area contributed by atoms with Crippen molar-refractivity contribution in [2.24, 2.45) is 10.2 Å². The third-order valence-electron chi connectivity index (χ3n) is 3.91. The minimum atomic E-state index is -1.12. The number of carbonyl (C=O) groups is 3. The molecule has 0 unspecified atom stereocenters. The molecule has 0 radical (unpaired) electrons. The molecule has 1 aliphatic heterocycles. The first-order chi connectivity index (χ1) is 14.4. The Morgan fingerprint density at radius 3 is 2.73 bits per heavy atom. The van der Waals surface area contributed by atoms with Gasteiger partial charge >= 0.3 is 11.9 Å². The van der Waals surface area contributed by atoms with E-state index in [4.69, 9.17) is 11.6 Å². The number of thioether (sulfide) groups is 1. The van der Waals surface area contributed by atoms with E-state index in [1.165, 1.54) is 25.5 Å². The third kappa shape index (κ3) is 4.94. The van der Waals surface area contributed by atoms with Crippen LogP contribution in [0.15, 0.2) is 63.6 Å². The first kappa shape index (κ1) is 21.3. The Bertz CT molecular complexity index is 1130. The highest BCUT2D eigenvalue weighted by atomic mass is 35.5. The molecule has 1 saturated heterocycles. The van der Waals surface area contributed by atoms with Crippen LogP contribution in [-0.4, -0.2) is 41.4 Å². The van der Waals surface area contributed by atoms with E-state index in [2.05, 4.69) is 20.3 Å². The lowest BCUT2D eigenvalue weighted by Crippen LogP contribution is -2.19. The van der Waals surface area contributed by atoms with Crippen LogP contribution < -0.4 is 5.32 Å². The number of amides is 1. The summed E-state index contributed by atoms with van der Waals surface area (Å²) in [6.07, 6.45) is 2.55. The fourth-order valence-corrected chi connectivity index (χ4v) is 3.45. The van der Waals surface area contributed by atoms with Crippen LogP contribution >= 0.6 is 23.4 Å². The quantitative estimate of drug-likeness (QED) is 0.317. The molecule has 0 saturated carbocycles. The van der Waals surface area contributed by atoms with Gasteiger partial charge in [-0.15, -0.1) is 5.10 Å². The highest BCUT2D eigenvalue weighted by Gasteiger charge is 2.25. The molecule has 2 aromatic rings. The van der Waals surface area contributed by atoms with Gasteiger partial charge in [0.25, 0.3) is 5.91 Å². The van der Waals surface area contributed by atoms with E-state index in [0.29, 0.717) is 11.1 Å². The largest absolute Gasteiger partial charge is 0.478 e. The van der Waals surface area contributed by atoms with Crippen molar-refractivity contribution in [3.8, 4) is 11.1 Å². The van der Waals surface area contributed by atoms with Crippen molar-refractivity contribution in [1.29, 1.82) is 0 Å². The highest BCUT2D eigenvalue weighted by Crippen LogP contribution is 2.28. The maximum atomic E-state index is 11.8. The second kappa shape index (κ2) is 9.38. The number of methoxy groups -OCH3 is 1. The van der Waals surface area contributed by atoms with Gasteiger partial charge < -0.3 is 9.84 Å². The maximum absolute atomic E-state index is 11.8. The number of aromatic carboxylic acids is 1. The van der Waals surface area contributed by atoms with E-state index in [-0.39, 0.29) is 20.7 Å². The minimum Gasteiger partial charge on any atom is -0.478 e. The number of nitrogens with zero attached hydrogens (tertiary/aromatic N) is 2. The van der Waals surface area contributed by atoms with Crippen molar-refractivity contribution < 1.29 is 24.2 Å². The molecular weight excluding hydrogens is 430 g/mol. The molecule has 1 amide bonds. The summed E-state index contributed by atoms with van der Waals surface area (Å²) in [5.41, 5.74) is 2.06. The van der Waals surface area contributed by atoms with Gasteiger partial charge in [-0.2, -0.15) is 5.10 Å². The first-order valence-corrected chi connectivity index (χ1v) is 9.60. The van der Waals surface area contributed by atoms with Gasteiger partial charge in [0.1, 0.15) is 0 Å². The lowest BCUT2D eigenvalue weighted by molar-refractivity contribution is -0.135. The van der Waals surface area contributed by atoms with E-state index in [9.17, 15) is 19.5 Å². The number of carboxylic acid groups (broad SMARTS) is 1. The van der Waals surface area contributed by atoms with Gasteiger partial charge in [-0.1, -0.05) is 41.9 Å². The van der Waals surface area contributed by atoms with E-state index < -0.39 is 17.8 Å². The average molecular weight is 444 g/mol. The molecule has 1 aliphatic rings. The summed E-state index contributed by atoms with van der Waals surface area (Å²) >= 11 is 6.90. The summed E-state index contributed by atoms with van der Waals surface area (Å²) in [6, 6.07) is 11.9. The van der Waals surface area contributed by atoms with Gasteiger partial charge in [0.15, 0.2) is 5.17 Å². The molecule has 2 N–H and O–H groups in total. The molecule has 1 heterocycles. The number of hydrogen-bond donors (Lipinski definition) is 2. The molecule has 0 atom stereocenters. The van der Waals surface area contributed by atoms with Gasteiger partial charge in [-0.3, -0.25) is 10.1 Å². The number of hydrogen-bond acceptors (Lipinski definition) is 7. The number of amidine groups is 1. The molecule has 0 aliphatic carbocycles. The molecule has 3 rings (SSSR count). The summed E-state index contributed by atoms with van der Waals surface area (Å²) in [7, 11) is 1.22. The van der Waals surface area contributed by atoms with Crippen molar-refractivity contribution in [2.45, 2.75) is 0 Å².